The number of carboxylic acid groups (broad SMARTS) is 1. The Morgan fingerprint density at radius 1 is 1.62 bits per heavy atom. The Balaban J connectivity index is 2.67. The van der Waals surface area contributed by atoms with Crippen LogP contribution >= 0.6 is 15.9 Å². The van der Waals surface area contributed by atoms with E-state index in [9.17, 15) is 4.79 Å². The number of aromatic carboxylic acids is 1. The van der Waals surface area contributed by atoms with Gasteiger partial charge >= 0.3 is 5.97 Å². The van der Waals surface area contributed by atoms with Crippen molar-refractivity contribution in [3.05, 3.63) is 28.6 Å². The van der Waals surface area contributed by atoms with Crippen molar-refractivity contribution in [2.45, 2.75) is 0 Å². The highest BCUT2D eigenvalue weighted by molar-refractivity contribution is 9.10. The predicted octanol–water partition coefficient (Wildman–Crippen LogP) is 1.19. The number of carboxylic acids is 1. The van der Waals surface area contributed by atoms with Gasteiger partial charge in [-0.25, -0.2) is 14.3 Å². The molecule has 0 fully saturated rings. The van der Waals surface area contributed by atoms with Crippen molar-refractivity contribution in [3.8, 4) is 0 Å². The maximum absolute atomic E-state index is 10.6. The fraction of sp³-hybridized carbons (Fsp3) is 0. The third-order valence-corrected chi connectivity index (χ3v) is 1.89. The molecule has 0 aliphatic rings. The molecular formula is C7H4BrN3O2. The second-order valence-electron chi connectivity index (χ2n) is 2.40. The summed E-state index contributed by atoms with van der Waals surface area (Å²) in [4.78, 5) is 14.5. The average molecular weight is 242 g/mol. The zero-order chi connectivity index (χ0) is 9.42. The summed E-state index contributed by atoms with van der Waals surface area (Å²) in [7, 11) is 0. The molecule has 2 rings (SSSR count). The second-order valence-corrected chi connectivity index (χ2v) is 3.11. The van der Waals surface area contributed by atoms with Crippen molar-refractivity contribution in [2.75, 3.05) is 0 Å². The fourth-order valence-electron chi connectivity index (χ4n) is 0.987. The van der Waals surface area contributed by atoms with Gasteiger partial charge in [-0.2, -0.15) is 0 Å². The van der Waals surface area contributed by atoms with Crippen LogP contribution in [0.1, 0.15) is 10.4 Å². The predicted molar refractivity (Wildman–Crippen MR) is 47.6 cm³/mol. The number of halogens is 1. The van der Waals surface area contributed by atoms with E-state index >= 15 is 0 Å². The van der Waals surface area contributed by atoms with Crippen molar-refractivity contribution in [2.24, 2.45) is 0 Å². The lowest BCUT2D eigenvalue weighted by Gasteiger charge is -1.93. The van der Waals surface area contributed by atoms with E-state index in [1.54, 1.807) is 6.20 Å². The normalized spacial score (nSPS) is 10.5. The van der Waals surface area contributed by atoms with Crippen molar-refractivity contribution >= 4 is 27.5 Å². The number of carbonyl (C=O) groups is 1. The van der Waals surface area contributed by atoms with E-state index in [2.05, 4.69) is 26.0 Å². The van der Waals surface area contributed by atoms with E-state index in [1.807, 2.05) is 0 Å². The number of fused-ring (bicyclic) bond motifs is 1. The highest BCUT2D eigenvalue weighted by Crippen LogP contribution is 2.08. The monoisotopic (exact) mass is 241 g/mol. The van der Waals surface area contributed by atoms with E-state index in [-0.39, 0.29) is 5.56 Å². The van der Waals surface area contributed by atoms with Crippen LogP contribution in [-0.4, -0.2) is 25.7 Å². The molecule has 2 aromatic rings. The molecule has 0 unspecified atom stereocenters. The molecule has 1 N–H and O–H groups in total. The van der Waals surface area contributed by atoms with Crippen LogP contribution < -0.4 is 0 Å². The Bertz CT molecular complexity index is 480. The van der Waals surface area contributed by atoms with Crippen molar-refractivity contribution in [1.82, 2.24) is 14.6 Å². The lowest BCUT2D eigenvalue weighted by atomic mass is 10.3. The van der Waals surface area contributed by atoms with Crippen molar-refractivity contribution < 1.29 is 9.90 Å². The van der Waals surface area contributed by atoms with Crippen LogP contribution in [0.3, 0.4) is 0 Å². The standard InChI is InChI=1S/C7H4BrN3O2/c8-7-9-5-3-4(6(12)13)1-2-11(5)10-7/h1-3H,(H,12,13). The summed E-state index contributed by atoms with van der Waals surface area (Å²) >= 11 is 3.10. The van der Waals surface area contributed by atoms with E-state index in [4.69, 9.17) is 5.11 Å². The first-order valence-corrected chi connectivity index (χ1v) is 4.21. The van der Waals surface area contributed by atoms with Crippen LogP contribution in [0, 0.1) is 0 Å². The first kappa shape index (κ1) is 8.18. The Morgan fingerprint density at radius 2 is 2.38 bits per heavy atom. The SMILES string of the molecule is O=C(O)c1ccn2nc(Br)nc2c1. The van der Waals surface area contributed by atoms with Gasteiger partial charge in [0.25, 0.3) is 0 Å². The third kappa shape index (κ3) is 1.40. The highest BCUT2D eigenvalue weighted by atomic mass is 79.9. The summed E-state index contributed by atoms with van der Waals surface area (Å²) in [6.45, 7) is 0. The number of pyridine rings is 1. The molecule has 0 aliphatic carbocycles. The summed E-state index contributed by atoms with van der Waals surface area (Å²) in [5.41, 5.74) is 0.708. The Morgan fingerprint density at radius 3 is 3.08 bits per heavy atom. The topological polar surface area (TPSA) is 67.5 Å². The maximum atomic E-state index is 10.6. The number of nitrogens with zero attached hydrogens (tertiary/aromatic N) is 3. The van der Waals surface area contributed by atoms with Gasteiger partial charge in [0.15, 0.2) is 5.65 Å². The van der Waals surface area contributed by atoms with Crippen LogP contribution in [0.5, 0.6) is 0 Å². The molecular weight excluding hydrogens is 238 g/mol. The van der Waals surface area contributed by atoms with Crippen LogP contribution in [0.15, 0.2) is 23.1 Å². The van der Waals surface area contributed by atoms with E-state index in [1.165, 1.54) is 16.6 Å². The van der Waals surface area contributed by atoms with Gasteiger partial charge in [-0.15, -0.1) is 5.10 Å². The summed E-state index contributed by atoms with van der Waals surface area (Å²) in [5.74, 6) is -0.971. The van der Waals surface area contributed by atoms with E-state index < -0.39 is 5.97 Å². The molecule has 0 saturated heterocycles. The molecule has 5 nitrogen and oxygen atoms in total. The molecule has 2 heterocycles. The molecule has 13 heavy (non-hydrogen) atoms. The zero-order valence-electron chi connectivity index (χ0n) is 6.31. The molecule has 0 bridgehead atoms. The highest BCUT2D eigenvalue weighted by Gasteiger charge is 2.05. The molecule has 0 radical (unpaired) electrons. The Labute approximate surface area is 81.1 Å². The molecule has 0 aromatic carbocycles. The summed E-state index contributed by atoms with van der Waals surface area (Å²) < 4.78 is 1.94. The Hall–Kier alpha value is -1.43. The van der Waals surface area contributed by atoms with Gasteiger partial charge in [0.1, 0.15) is 0 Å². The number of hydrogen-bond donors (Lipinski definition) is 1. The average Bonchev–Trinajstić information content (AvgIpc) is 2.42. The first-order valence-electron chi connectivity index (χ1n) is 3.42. The van der Waals surface area contributed by atoms with Crippen LogP contribution in [-0.2, 0) is 0 Å². The van der Waals surface area contributed by atoms with Gasteiger partial charge in [0.05, 0.1) is 5.56 Å². The molecule has 0 saturated carbocycles. The van der Waals surface area contributed by atoms with E-state index in [0.29, 0.717) is 10.4 Å². The molecule has 2 aromatic heterocycles. The number of aromatic nitrogens is 3. The van der Waals surface area contributed by atoms with Gasteiger partial charge in [-0.05, 0) is 28.1 Å². The number of rotatable bonds is 1. The molecule has 0 atom stereocenters. The van der Waals surface area contributed by atoms with Crippen LogP contribution in [0.2, 0.25) is 0 Å². The smallest absolute Gasteiger partial charge is 0.335 e. The minimum atomic E-state index is -0.971. The van der Waals surface area contributed by atoms with Crippen LogP contribution in [0.4, 0.5) is 0 Å². The fourth-order valence-corrected chi connectivity index (χ4v) is 1.34. The summed E-state index contributed by atoms with van der Waals surface area (Å²) in [5, 5.41) is 12.6. The minimum Gasteiger partial charge on any atom is -0.478 e. The quantitative estimate of drug-likeness (QED) is 0.815. The van der Waals surface area contributed by atoms with Crippen molar-refractivity contribution in [1.29, 1.82) is 0 Å². The molecule has 6 heteroatoms. The maximum Gasteiger partial charge on any atom is 0.335 e. The lowest BCUT2D eigenvalue weighted by molar-refractivity contribution is 0.0697. The van der Waals surface area contributed by atoms with Gasteiger partial charge in [-0.3, -0.25) is 0 Å². The minimum absolute atomic E-state index is 0.201. The van der Waals surface area contributed by atoms with Gasteiger partial charge in [0.2, 0.25) is 4.73 Å². The zero-order valence-corrected chi connectivity index (χ0v) is 7.89. The number of hydrogen-bond acceptors (Lipinski definition) is 3. The molecule has 66 valence electrons. The van der Waals surface area contributed by atoms with E-state index in [0.717, 1.165) is 0 Å². The third-order valence-electron chi connectivity index (χ3n) is 1.56. The van der Waals surface area contributed by atoms with Gasteiger partial charge in [0, 0.05) is 6.20 Å². The molecule has 0 spiro atoms. The van der Waals surface area contributed by atoms with Gasteiger partial charge < -0.3 is 5.11 Å². The van der Waals surface area contributed by atoms with Crippen LogP contribution in [0.25, 0.3) is 5.65 Å². The van der Waals surface area contributed by atoms with Crippen molar-refractivity contribution in [3.63, 3.8) is 0 Å². The summed E-state index contributed by atoms with van der Waals surface area (Å²) in [6, 6.07) is 2.93. The Kier molecular flexibility index (Phi) is 1.77. The molecule has 0 aliphatic heterocycles. The lowest BCUT2D eigenvalue weighted by Crippen LogP contribution is -1.97. The van der Waals surface area contributed by atoms with Gasteiger partial charge in [-0.1, -0.05) is 0 Å². The first-order chi connectivity index (χ1) is 6.16. The molecule has 0 amide bonds. The summed E-state index contributed by atoms with van der Waals surface area (Å²) in [6.07, 6.45) is 1.55. The largest absolute Gasteiger partial charge is 0.478 e. The second kappa shape index (κ2) is 2.81.